The number of aromatic nitrogens is 2. The highest BCUT2D eigenvalue weighted by Gasteiger charge is 2.22. The van der Waals surface area contributed by atoms with E-state index in [1.807, 2.05) is 30.3 Å². The molecule has 0 spiro atoms. The van der Waals surface area contributed by atoms with E-state index in [4.69, 9.17) is 4.74 Å². The Hall–Kier alpha value is -4.73. The molecule has 0 saturated heterocycles. The quantitative estimate of drug-likeness (QED) is 0.255. The van der Waals surface area contributed by atoms with Crippen molar-refractivity contribution in [2.75, 3.05) is 6.61 Å². The average molecular weight is 524 g/mol. The molecule has 194 valence electrons. The molecule has 10 heteroatoms. The van der Waals surface area contributed by atoms with Gasteiger partial charge in [0, 0.05) is 23.3 Å². The molecule has 0 amide bonds. The van der Waals surface area contributed by atoms with Crippen molar-refractivity contribution in [2.24, 2.45) is 0 Å². The number of esters is 1. The fraction of sp³-hybridized carbons (Fsp3) is 0.107. The molecule has 2 heterocycles. The van der Waals surface area contributed by atoms with E-state index in [1.54, 1.807) is 0 Å². The lowest BCUT2D eigenvalue weighted by Crippen LogP contribution is -2.23. The maximum atomic E-state index is 14.4. The number of rotatable bonds is 4. The van der Waals surface area contributed by atoms with Crippen molar-refractivity contribution in [1.82, 2.24) is 9.55 Å². The summed E-state index contributed by atoms with van der Waals surface area (Å²) in [5.41, 5.74) is -1.73. The Bertz CT molecular complexity index is 1760. The van der Waals surface area contributed by atoms with Crippen molar-refractivity contribution in [2.45, 2.75) is 13.5 Å². The third-order valence-corrected chi connectivity index (χ3v) is 5.64. The van der Waals surface area contributed by atoms with E-state index in [9.17, 15) is 31.9 Å². The number of carbonyl (C=O) groups excluding carboxylic acids is 1. The molecule has 0 radical (unpaired) electrons. The molecule has 0 aliphatic rings. The lowest BCUT2D eigenvalue weighted by atomic mass is 10.1. The van der Waals surface area contributed by atoms with Crippen LogP contribution in [-0.2, 0) is 11.3 Å². The van der Waals surface area contributed by atoms with Gasteiger partial charge in [0.05, 0.1) is 24.1 Å². The number of aromatic amines is 1. The summed E-state index contributed by atoms with van der Waals surface area (Å²) in [5.74, 6) is -4.90. The predicted molar refractivity (Wildman–Crippen MR) is 134 cm³/mol. The molecule has 0 bridgehead atoms. The van der Waals surface area contributed by atoms with Crippen molar-refractivity contribution in [3.8, 4) is 0 Å². The normalized spacial score (nSPS) is 10.8. The minimum absolute atomic E-state index is 0.0517. The van der Waals surface area contributed by atoms with Gasteiger partial charge in [0.15, 0.2) is 0 Å². The van der Waals surface area contributed by atoms with Crippen molar-refractivity contribution < 1.29 is 27.1 Å². The summed E-state index contributed by atoms with van der Waals surface area (Å²) in [6.07, 6.45) is 0.914. The summed E-state index contributed by atoms with van der Waals surface area (Å²) in [4.78, 5) is 38.1. The molecule has 0 saturated carbocycles. The average Bonchev–Trinajstić information content (AvgIpc) is 2.89. The van der Waals surface area contributed by atoms with Gasteiger partial charge in [0.2, 0.25) is 11.0 Å². The predicted octanol–water partition coefficient (Wildman–Crippen LogP) is 5.31. The summed E-state index contributed by atoms with van der Waals surface area (Å²) in [6, 6.07) is 15.7. The Morgan fingerprint density at radius 2 is 1.53 bits per heavy atom. The lowest BCUT2D eigenvalue weighted by Gasteiger charge is -2.15. The van der Waals surface area contributed by atoms with Gasteiger partial charge < -0.3 is 14.3 Å². The second-order valence-electron chi connectivity index (χ2n) is 8.08. The largest absolute Gasteiger partial charge is 0.462 e. The zero-order chi connectivity index (χ0) is 27.4. The molecule has 0 atom stereocenters. The standard InChI is InChI=1S/C19H13F4NO3.C9H7NO/c1-2-27-19(26)11-9-24(8-10-12(20)4-3-5-13(10)21)17-15(23)7-6-14(22)16(17)18(11)25;11-9-6-5-7-3-1-2-4-8(7)10-9/h3-7,9H,2,8H2,1H3;1-6H,(H,10,11). The molecular formula is C28H20F4N2O4. The van der Waals surface area contributed by atoms with Crippen LogP contribution in [0.1, 0.15) is 22.8 Å². The highest BCUT2D eigenvalue weighted by molar-refractivity contribution is 5.94. The van der Waals surface area contributed by atoms with Gasteiger partial charge in [0.25, 0.3) is 0 Å². The van der Waals surface area contributed by atoms with Gasteiger partial charge >= 0.3 is 5.97 Å². The van der Waals surface area contributed by atoms with Gasteiger partial charge in [-0.15, -0.1) is 0 Å². The summed E-state index contributed by atoms with van der Waals surface area (Å²) < 4.78 is 62.3. The van der Waals surface area contributed by atoms with Gasteiger partial charge in [-0.3, -0.25) is 9.59 Å². The van der Waals surface area contributed by atoms with Gasteiger partial charge in [-0.25, -0.2) is 22.4 Å². The number of hydrogen-bond donors (Lipinski definition) is 1. The molecule has 0 aliphatic carbocycles. The zero-order valence-electron chi connectivity index (χ0n) is 19.9. The van der Waals surface area contributed by atoms with Crippen LogP contribution in [0, 0.1) is 23.3 Å². The molecule has 0 unspecified atom stereocenters. The summed E-state index contributed by atoms with van der Waals surface area (Å²) in [7, 11) is 0. The number of carbonyl (C=O) groups is 1. The Morgan fingerprint density at radius 3 is 2.24 bits per heavy atom. The zero-order valence-corrected chi connectivity index (χ0v) is 19.9. The van der Waals surface area contributed by atoms with Crippen molar-refractivity contribution in [1.29, 1.82) is 0 Å². The van der Waals surface area contributed by atoms with Crippen molar-refractivity contribution in [3.05, 3.63) is 128 Å². The Morgan fingerprint density at radius 1 is 0.842 bits per heavy atom. The highest BCUT2D eigenvalue weighted by atomic mass is 19.1. The Kier molecular flexibility index (Phi) is 7.71. The molecule has 6 nitrogen and oxygen atoms in total. The third-order valence-electron chi connectivity index (χ3n) is 5.64. The molecule has 1 N–H and O–H groups in total. The van der Waals surface area contributed by atoms with Gasteiger partial charge in [0.1, 0.15) is 28.8 Å². The molecular weight excluding hydrogens is 504 g/mol. The highest BCUT2D eigenvalue weighted by Crippen LogP contribution is 2.22. The number of benzene rings is 3. The third kappa shape index (κ3) is 5.34. The number of halogens is 4. The summed E-state index contributed by atoms with van der Waals surface area (Å²) >= 11 is 0. The van der Waals surface area contributed by atoms with E-state index in [-0.39, 0.29) is 12.2 Å². The Balaban J connectivity index is 0.000000253. The number of nitrogens with zero attached hydrogens (tertiary/aromatic N) is 1. The Labute approximate surface area is 212 Å². The second-order valence-corrected chi connectivity index (χ2v) is 8.08. The van der Waals surface area contributed by atoms with Crippen LogP contribution in [0.3, 0.4) is 0 Å². The monoisotopic (exact) mass is 524 g/mol. The number of H-pyrrole nitrogens is 1. The van der Waals surface area contributed by atoms with E-state index in [1.165, 1.54) is 13.0 Å². The van der Waals surface area contributed by atoms with Crippen LogP contribution in [-0.4, -0.2) is 22.1 Å². The number of ether oxygens (including phenoxy) is 1. The molecule has 2 aromatic heterocycles. The first-order chi connectivity index (χ1) is 18.2. The molecule has 3 aromatic carbocycles. The van der Waals surface area contributed by atoms with Gasteiger partial charge in [-0.1, -0.05) is 24.3 Å². The first-order valence-electron chi connectivity index (χ1n) is 11.4. The van der Waals surface area contributed by atoms with Crippen molar-refractivity contribution >= 4 is 27.8 Å². The lowest BCUT2D eigenvalue weighted by molar-refractivity contribution is 0.0524. The molecule has 5 rings (SSSR count). The number of hydrogen-bond acceptors (Lipinski definition) is 4. The fourth-order valence-electron chi connectivity index (χ4n) is 3.88. The van der Waals surface area contributed by atoms with Crippen LogP contribution < -0.4 is 11.0 Å². The number of pyridine rings is 2. The van der Waals surface area contributed by atoms with E-state index in [0.29, 0.717) is 0 Å². The van der Waals surface area contributed by atoms with Gasteiger partial charge in [-0.2, -0.15) is 0 Å². The number of para-hydroxylation sites is 1. The molecule has 0 fully saturated rings. The second kappa shape index (κ2) is 11.1. The van der Waals surface area contributed by atoms with Crippen LogP contribution >= 0.6 is 0 Å². The van der Waals surface area contributed by atoms with E-state index in [2.05, 4.69) is 4.98 Å². The minimum atomic E-state index is -1.06. The number of nitrogens with one attached hydrogen (secondary N) is 1. The first kappa shape index (κ1) is 26.3. The van der Waals surface area contributed by atoms with E-state index in [0.717, 1.165) is 52.0 Å². The maximum absolute atomic E-state index is 14.4. The fourth-order valence-corrected chi connectivity index (χ4v) is 3.88. The number of fused-ring (bicyclic) bond motifs is 2. The van der Waals surface area contributed by atoms with Crippen LogP contribution in [0.15, 0.2) is 82.5 Å². The van der Waals surface area contributed by atoms with E-state index >= 15 is 0 Å². The van der Waals surface area contributed by atoms with Crippen LogP contribution in [0.25, 0.3) is 21.8 Å². The summed E-state index contributed by atoms with van der Waals surface area (Å²) in [6.45, 7) is 0.887. The SMILES string of the molecule is CCOC(=O)c1cn(Cc2c(F)cccc2F)c2c(F)ccc(F)c2c1=O.O=c1ccc2ccccc2[nH]1. The summed E-state index contributed by atoms with van der Waals surface area (Å²) in [5, 5.41) is 0.365. The van der Waals surface area contributed by atoms with E-state index < -0.39 is 63.2 Å². The molecule has 5 aromatic rings. The smallest absolute Gasteiger partial charge is 0.343 e. The molecule has 0 aliphatic heterocycles. The molecule has 38 heavy (non-hydrogen) atoms. The maximum Gasteiger partial charge on any atom is 0.343 e. The van der Waals surface area contributed by atoms with Crippen LogP contribution in [0.4, 0.5) is 17.6 Å². The first-order valence-corrected chi connectivity index (χ1v) is 11.4. The minimum Gasteiger partial charge on any atom is -0.462 e. The van der Waals surface area contributed by atoms with Crippen molar-refractivity contribution in [3.63, 3.8) is 0 Å². The topological polar surface area (TPSA) is 81.2 Å². The van der Waals surface area contributed by atoms with Crippen LogP contribution in [0.5, 0.6) is 0 Å². The van der Waals surface area contributed by atoms with Gasteiger partial charge in [-0.05, 0) is 48.7 Å². The van der Waals surface area contributed by atoms with Crippen LogP contribution in [0.2, 0.25) is 0 Å².